The van der Waals surface area contributed by atoms with Crippen LogP contribution in [0.3, 0.4) is 0 Å². The van der Waals surface area contributed by atoms with Gasteiger partial charge in [-0.05, 0) is 44.9 Å². The number of aromatic nitrogens is 4. The van der Waals surface area contributed by atoms with Gasteiger partial charge in [-0.1, -0.05) is 23.0 Å². The van der Waals surface area contributed by atoms with Crippen LogP contribution in [-0.2, 0) is 11.2 Å². The molecule has 1 amide bonds. The third-order valence-corrected chi connectivity index (χ3v) is 5.68. The van der Waals surface area contributed by atoms with Gasteiger partial charge in [0.05, 0.1) is 0 Å². The number of amides is 1. The highest BCUT2D eigenvalue weighted by Gasteiger charge is 2.30. The van der Waals surface area contributed by atoms with E-state index >= 15 is 0 Å². The second-order valence-corrected chi connectivity index (χ2v) is 7.77. The van der Waals surface area contributed by atoms with Gasteiger partial charge in [-0.25, -0.2) is 0 Å². The molecule has 24 heavy (non-hydrogen) atoms. The van der Waals surface area contributed by atoms with Gasteiger partial charge in [0.25, 0.3) is 0 Å². The van der Waals surface area contributed by atoms with Crippen molar-refractivity contribution < 1.29 is 4.79 Å². The lowest BCUT2D eigenvalue weighted by atomic mass is 9.97. The number of hydrogen-bond acceptors (Lipinski definition) is 5. The molecule has 2 heterocycles. The molecule has 0 atom stereocenters. The first-order valence-corrected chi connectivity index (χ1v) is 9.77. The van der Waals surface area contributed by atoms with Crippen LogP contribution in [0.25, 0.3) is 4.96 Å². The molecule has 6 nitrogen and oxygen atoms in total. The summed E-state index contributed by atoms with van der Waals surface area (Å²) in [4.78, 5) is 12.9. The number of carbonyl (C=O) groups is 1. The van der Waals surface area contributed by atoms with Gasteiger partial charge in [0.2, 0.25) is 10.9 Å². The van der Waals surface area contributed by atoms with Crippen molar-refractivity contribution in [1.82, 2.24) is 25.1 Å². The van der Waals surface area contributed by atoms with Gasteiger partial charge in [0, 0.05) is 25.3 Å². The van der Waals surface area contributed by atoms with Crippen molar-refractivity contribution in [2.45, 2.75) is 63.7 Å². The predicted octanol–water partition coefficient (Wildman–Crippen LogP) is 3.00. The summed E-state index contributed by atoms with van der Waals surface area (Å²) in [5.41, 5.74) is 1.50. The van der Waals surface area contributed by atoms with Gasteiger partial charge in [0.15, 0.2) is 5.82 Å². The van der Waals surface area contributed by atoms with Crippen LogP contribution in [0, 0.1) is 0 Å². The molecule has 0 aromatic carbocycles. The molecule has 0 radical (unpaired) electrons. The Morgan fingerprint density at radius 3 is 3.00 bits per heavy atom. The molecule has 1 fully saturated rings. The van der Waals surface area contributed by atoms with Gasteiger partial charge in [-0.2, -0.15) is 9.61 Å². The van der Waals surface area contributed by atoms with Crippen LogP contribution in [0.5, 0.6) is 0 Å². The van der Waals surface area contributed by atoms with E-state index in [1.54, 1.807) is 11.3 Å². The normalized spacial score (nSPS) is 17.9. The average Bonchev–Trinajstić information content (AvgIpc) is 3.23. The third-order valence-electron chi connectivity index (χ3n) is 4.72. The van der Waals surface area contributed by atoms with E-state index < -0.39 is 0 Å². The molecule has 1 N–H and O–H groups in total. The predicted molar refractivity (Wildman–Crippen MR) is 93.1 cm³/mol. The first-order chi connectivity index (χ1) is 11.8. The number of nitrogens with zero attached hydrogens (tertiary/aromatic N) is 4. The van der Waals surface area contributed by atoms with Crippen molar-refractivity contribution in [3.63, 3.8) is 0 Å². The summed E-state index contributed by atoms with van der Waals surface area (Å²) in [6, 6.07) is 0. The molecular weight excluding hydrogens is 322 g/mol. The fourth-order valence-electron chi connectivity index (χ4n) is 3.17. The Bertz CT molecular complexity index is 758. The van der Waals surface area contributed by atoms with E-state index in [9.17, 15) is 4.79 Å². The summed E-state index contributed by atoms with van der Waals surface area (Å²) in [7, 11) is 0. The summed E-state index contributed by atoms with van der Waals surface area (Å²) in [5.74, 6) is 1.63. The van der Waals surface area contributed by atoms with Crippen molar-refractivity contribution >= 4 is 22.2 Å². The molecule has 0 bridgehead atoms. The van der Waals surface area contributed by atoms with Gasteiger partial charge in [-0.15, -0.1) is 10.2 Å². The monoisotopic (exact) mass is 345 g/mol. The molecule has 2 aliphatic carbocycles. The van der Waals surface area contributed by atoms with E-state index in [2.05, 4.69) is 26.7 Å². The molecule has 0 saturated heterocycles. The highest BCUT2D eigenvalue weighted by molar-refractivity contribution is 7.16. The number of aryl methyl sites for hydroxylation is 1. The Balaban J connectivity index is 1.24. The maximum absolute atomic E-state index is 12.0. The first-order valence-electron chi connectivity index (χ1n) is 8.95. The fourth-order valence-corrected chi connectivity index (χ4v) is 4.01. The van der Waals surface area contributed by atoms with Crippen molar-refractivity contribution in [1.29, 1.82) is 0 Å². The van der Waals surface area contributed by atoms with Crippen LogP contribution in [0.4, 0.5) is 0 Å². The zero-order chi connectivity index (χ0) is 16.4. The van der Waals surface area contributed by atoms with Gasteiger partial charge < -0.3 is 5.32 Å². The third kappa shape index (κ3) is 3.66. The zero-order valence-corrected chi connectivity index (χ0v) is 14.6. The van der Waals surface area contributed by atoms with Crippen LogP contribution in [-0.4, -0.2) is 32.3 Å². The number of fused-ring (bicyclic) bond motifs is 1. The largest absolute Gasteiger partial charge is 0.356 e. The van der Waals surface area contributed by atoms with Gasteiger partial charge in [-0.3, -0.25) is 4.79 Å². The van der Waals surface area contributed by atoms with E-state index in [0.29, 0.717) is 18.8 Å². The van der Waals surface area contributed by atoms with Crippen LogP contribution >= 0.6 is 11.3 Å². The minimum atomic E-state index is 0.111. The molecule has 7 heteroatoms. The van der Waals surface area contributed by atoms with Crippen molar-refractivity contribution in [3.8, 4) is 0 Å². The molecule has 2 aromatic rings. The smallest absolute Gasteiger partial charge is 0.234 e. The minimum Gasteiger partial charge on any atom is -0.356 e. The number of nitrogens with one attached hydrogen (secondary N) is 1. The zero-order valence-electron chi connectivity index (χ0n) is 13.8. The van der Waals surface area contributed by atoms with Crippen LogP contribution in [0.1, 0.15) is 68.1 Å². The van der Waals surface area contributed by atoms with E-state index in [-0.39, 0.29) is 5.91 Å². The Kier molecular flexibility index (Phi) is 4.60. The molecule has 2 aromatic heterocycles. The van der Waals surface area contributed by atoms with Crippen molar-refractivity contribution in [2.75, 3.05) is 6.54 Å². The summed E-state index contributed by atoms with van der Waals surface area (Å²) in [5, 5.41) is 17.0. The second kappa shape index (κ2) is 7.01. The quantitative estimate of drug-likeness (QED) is 0.783. The molecule has 2 aliphatic rings. The first kappa shape index (κ1) is 15.7. The lowest BCUT2D eigenvalue weighted by Crippen LogP contribution is -2.25. The van der Waals surface area contributed by atoms with Crippen molar-refractivity contribution in [3.05, 3.63) is 22.5 Å². The van der Waals surface area contributed by atoms with E-state index in [4.69, 9.17) is 0 Å². The van der Waals surface area contributed by atoms with E-state index in [1.807, 2.05) is 4.52 Å². The standard InChI is InChI=1S/C17H23N5OS/c23-14(18-11-10-12-4-2-1-3-5-12)8-9-15-21-22-16(13-6-7-13)19-20-17(22)24-15/h4,13H,1-3,5-11H2,(H,18,23). The maximum Gasteiger partial charge on any atom is 0.234 e. The lowest BCUT2D eigenvalue weighted by Gasteiger charge is -2.12. The SMILES string of the molecule is O=C(CCc1nn2c(C3CC3)nnc2s1)NCCC1=CCCCC1. The Morgan fingerprint density at radius 2 is 2.21 bits per heavy atom. The van der Waals surface area contributed by atoms with E-state index in [0.717, 1.165) is 28.8 Å². The van der Waals surface area contributed by atoms with Crippen LogP contribution in [0.2, 0.25) is 0 Å². The van der Waals surface area contributed by atoms with Crippen molar-refractivity contribution in [2.24, 2.45) is 0 Å². The summed E-state index contributed by atoms with van der Waals surface area (Å²) >= 11 is 1.54. The minimum absolute atomic E-state index is 0.111. The summed E-state index contributed by atoms with van der Waals surface area (Å²) in [6.07, 6.45) is 11.9. The Hall–Kier alpha value is -1.76. The van der Waals surface area contributed by atoms with Gasteiger partial charge in [0.1, 0.15) is 5.01 Å². The fraction of sp³-hybridized carbons (Fsp3) is 0.647. The number of hydrogen-bond donors (Lipinski definition) is 1. The molecular formula is C17H23N5OS. The Labute approximate surface area is 145 Å². The van der Waals surface area contributed by atoms with Crippen LogP contribution < -0.4 is 5.32 Å². The molecule has 0 aliphatic heterocycles. The van der Waals surface area contributed by atoms with E-state index in [1.165, 1.54) is 44.1 Å². The highest BCUT2D eigenvalue weighted by atomic mass is 32.1. The Morgan fingerprint density at radius 1 is 1.29 bits per heavy atom. The highest BCUT2D eigenvalue weighted by Crippen LogP contribution is 2.39. The summed E-state index contributed by atoms with van der Waals surface area (Å²) < 4.78 is 1.87. The van der Waals surface area contributed by atoms with Gasteiger partial charge >= 0.3 is 0 Å². The van der Waals surface area contributed by atoms with Crippen LogP contribution in [0.15, 0.2) is 11.6 Å². The molecule has 128 valence electrons. The number of allylic oxidation sites excluding steroid dienone is 1. The average molecular weight is 345 g/mol. The number of carbonyl (C=O) groups excluding carboxylic acids is 1. The lowest BCUT2D eigenvalue weighted by molar-refractivity contribution is -0.121. The molecule has 0 spiro atoms. The number of rotatable bonds is 7. The molecule has 1 saturated carbocycles. The maximum atomic E-state index is 12.0. The topological polar surface area (TPSA) is 72.2 Å². The summed E-state index contributed by atoms with van der Waals surface area (Å²) in [6.45, 7) is 0.752. The molecule has 0 unspecified atom stereocenters. The second-order valence-electron chi connectivity index (χ2n) is 6.73. The molecule has 4 rings (SSSR count).